The zero-order chi connectivity index (χ0) is 15.1. The van der Waals surface area contributed by atoms with Gasteiger partial charge in [-0.15, -0.1) is 0 Å². The maximum absolute atomic E-state index is 4.34. The van der Waals surface area contributed by atoms with Crippen molar-refractivity contribution in [3.05, 3.63) is 54.1 Å². The molecular weight excluding hydrogens is 260 g/mol. The highest BCUT2D eigenvalue weighted by atomic mass is 15.1. The molecule has 0 saturated heterocycles. The van der Waals surface area contributed by atoms with Crippen molar-refractivity contribution in [1.29, 1.82) is 0 Å². The Morgan fingerprint density at radius 3 is 2.67 bits per heavy atom. The lowest BCUT2D eigenvalue weighted by atomic mass is 10.1. The molecule has 1 aromatic heterocycles. The lowest BCUT2D eigenvalue weighted by Crippen LogP contribution is -2.22. The predicted molar refractivity (Wildman–Crippen MR) is 87.1 cm³/mol. The number of hydrogen-bond acceptors (Lipinski definition) is 4. The topological polar surface area (TPSA) is 41.0 Å². The SMILES string of the molecule is CCN(CC)Cc1cccc(NC(C)c2cnccn2)c1. The van der Waals surface area contributed by atoms with E-state index >= 15 is 0 Å². The van der Waals surface area contributed by atoms with Crippen LogP contribution in [0, 0.1) is 0 Å². The summed E-state index contributed by atoms with van der Waals surface area (Å²) in [6.45, 7) is 9.63. The molecular formula is C17H24N4. The largest absolute Gasteiger partial charge is 0.377 e. The monoisotopic (exact) mass is 284 g/mol. The second kappa shape index (κ2) is 7.74. The van der Waals surface area contributed by atoms with Gasteiger partial charge in [0.1, 0.15) is 0 Å². The quantitative estimate of drug-likeness (QED) is 0.845. The minimum absolute atomic E-state index is 0.141. The van der Waals surface area contributed by atoms with E-state index in [1.807, 2.05) is 0 Å². The van der Waals surface area contributed by atoms with Gasteiger partial charge in [0.2, 0.25) is 0 Å². The van der Waals surface area contributed by atoms with E-state index in [0.717, 1.165) is 31.0 Å². The maximum Gasteiger partial charge on any atom is 0.0806 e. The van der Waals surface area contributed by atoms with E-state index in [-0.39, 0.29) is 6.04 Å². The molecule has 1 unspecified atom stereocenters. The summed E-state index contributed by atoms with van der Waals surface area (Å²) >= 11 is 0. The minimum atomic E-state index is 0.141. The molecule has 4 heteroatoms. The molecule has 0 aliphatic rings. The maximum atomic E-state index is 4.34. The molecule has 1 N–H and O–H groups in total. The van der Waals surface area contributed by atoms with Crippen molar-refractivity contribution in [1.82, 2.24) is 14.9 Å². The summed E-state index contributed by atoms with van der Waals surface area (Å²) in [7, 11) is 0. The van der Waals surface area contributed by atoms with Crippen LogP contribution in [0.4, 0.5) is 5.69 Å². The molecule has 0 aliphatic heterocycles. The third kappa shape index (κ3) is 4.53. The average molecular weight is 284 g/mol. The summed E-state index contributed by atoms with van der Waals surface area (Å²) in [5.41, 5.74) is 3.40. The van der Waals surface area contributed by atoms with Crippen LogP contribution in [0.2, 0.25) is 0 Å². The van der Waals surface area contributed by atoms with Crippen LogP contribution in [0.15, 0.2) is 42.9 Å². The predicted octanol–water partition coefficient (Wildman–Crippen LogP) is 3.49. The van der Waals surface area contributed by atoms with Gasteiger partial charge in [-0.3, -0.25) is 14.9 Å². The average Bonchev–Trinajstić information content (AvgIpc) is 2.53. The van der Waals surface area contributed by atoms with E-state index in [4.69, 9.17) is 0 Å². The number of nitrogens with zero attached hydrogens (tertiary/aromatic N) is 3. The number of hydrogen-bond donors (Lipinski definition) is 1. The smallest absolute Gasteiger partial charge is 0.0806 e. The summed E-state index contributed by atoms with van der Waals surface area (Å²) < 4.78 is 0. The zero-order valence-corrected chi connectivity index (χ0v) is 13.1. The van der Waals surface area contributed by atoms with E-state index in [9.17, 15) is 0 Å². The summed E-state index contributed by atoms with van der Waals surface area (Å²) in [6, 6.07) is 8.73. The normalized spacial score (nSPS) is 12.4. The first-order valence-electron chi connectivity index (χ1n) is 7.56. The second-order valence-corrected chi connectivity index (χ2v) is 5.16. The number of rotatable bonds is 7. The number of nitrogens with one attached hydrogen (secondary N) is 1. The molecule has 0 bridgehead atoms. The van der Waals surface area contributed by atoms with Crippen molar-refractivity contribution in [3.63, 3.8) is 0 Å². The van der Waals surface area contributed by atoms with Gasteiger partial charge < -0.3 is 5.32 Å². The van der Waals surface area contributed by atoms with Gasteiger partial charge in [-0.25, -0.2) is 0 Å². The fourth-order valence-electron chi connectivity index (χ4n) is 2.32. The van der Waals surface area contributed by atoms with Crippen molar-refractivity contribution in [2.45, 2.75) is 33.4 Å². The molecule has 0 radical (unpaired) electrons. The number of benzene rings is 1. The Kier molecular flexibility index (Phi) is 5.69. The summed E-state index contributed by atoms with van der Waals surface area (Å²) in [5.74, 6) is 0. The Balaban J connectivity index is 2.04. The van der Waals surface area contributed by atoms with Gasteiger partial charge >= 0.3 is 0 Å². The lowest BCUT2D eigenvalue weighted by molar-refractivity contribution is 0.296. The molecule has 0 spiro atoms. The highest BCUT2D eigenvalue weighted by molar-refractivity contribution is 5.47. The standard InChI is InChI=1S/C17H24N4/c1-4-21(5-2)13-15-7-6-8-16(11-15)20-14(3)17-12-18-9-10-19-17/h6-12,14,20H,4-5,13H2,1-3H3. The molecule has 112 valence electrons. The molecule has 2 rings (SSSR count). The van der Waals surface area contributed by atoms with Crippen molar-refractivity contribution in [3.8, 4) is 0 Å². The Morgan fingerprint density at radius 1 is 1.19 bits per heavy atom. The first-order valence-corrected chi connectivity index (χ1v) is 7.56. The van der Waals surface area contributed by atoms with Crippen LogP contribution in [0.1, 0.15) is 38.1 Å². The molecule has 0 saturated carbocycles. The first kappa shape index (κ1) is 15.4. The molecule has 21 heavy (non-hydrogen) atoms. The van der Waals surface area contributed by atoms with E-state index in [0.29, 0.717) is 0 Å². The van der Waals surface area contributed by atoms with Crippen LogP contribution >= 0.6 is 0 Å². The molecule has 0 aliphatic carbocycles. The molecule has 4 nitrogen and oxygen atoms in total. The van der Waals surface area contributed by atoms with Crippen molar-refractivity contribution >= 4 is 5.69 Å². The Hall–Kier alpha value is -1.94. The highest BCUT2D eigenvalue weighted by Crippen LogP contribution is 2.18. The lowest BCUT2D eigenvalue weighted by Gasteiger charge is -2.19. The van der Waals surface area contributed by atoms with Crippen molar-refractivity contribution in [2.75, 3.05) is 18.4 Å². The number of aromatic nitrogens is 2. The van der Waals surface area contributed by atoms with Crippen LogP contribution in [-0.4, -0.2) is 28.0 Å². The third-order valence-corrected chi connectivity index (χ3v) is 3.64. The number of anilines is 1. The first-order chi connectivity index (χ1) is 10.2. The Morgan fingerprint density at radius 2 is 2.00 bits per heavy atom. The van der Waals surface area contributed by atoms with E-state index in [1.54, 1.807) is 18.6 Å². The van der Waals surface area contributed by atoms with Gasteiger partial charge in [0, 0.05) is 24.6 Å². The molecule has 2 aromatic rings. The highest BCUT2D eigenvalue weighted by Gasteiger charge is 2.07. The van der Waals surface area contributed by atoms with Crippen LogP contribution in [0.25, 0.3) is 0 Å². The van der Waals surface area contributed by atoms with Crippen molar-refractivity contribution < 1.29 is 0 Å². The second-order valence-electron chi connectivity index (χ2n) is 5.16. The van der Waals surface area contributed by atoms with E-state index in [2.05, 4.69) is 65.2 Å². The molecule has 0 amide bonds. The molecule has 1 aromatic carbocycles. The van der Waals surface area contributed by atoms with E-state index < -0.39 is 0 Å². The fraction of sp³-hybridized carbons (Fsp3) is 0.412. The summed E-state index contributed by atoms with van der Waals surface area (Å²) in [5, 5.41) is 3.49. The van der Waals surface area contributed by atoms with Crippen LogP contribution in [0.5, 0.6) is 0 Å². The van der Waals surface area contributed by atoms with Crippen LogP contribution in [-0.2, 0) is 6.54 Å². The molecule has 0 fully saturated rings. The fourth-order valence-corrected chi connectivity index (χ4v) is 2.32. The summed E-state index contributed by atoms with van der Waals surface area (Å²) in [6.07, 6.45) is 5.22. The van der Waals surface area contributed by atoms with Gasteiger partial charge in [0.05, 0.1) is 17.9 Å². The van der Waals surface area contributed by atoms with Crippen LogP contribution < -0.4 is 5.32 Å². The minimum Gasteiger partial charge on any atom is -0.377 e. The zero-order valence-electron chi connectivity index (χ0n) is 13.1. The van der Waals surface area contributed by atoms with Gasteiger partial charge in [-0.1, -0.05) is 26.0 Å². The van der Waals surface area contributed by atoms with Crippen LogP contribution in [0.3, 0.4) is 0 Å². The third-order valence-electron chi connectivity index (χ3n) is 3.64. The Labute approximate surface area is 127 Å². The van der Waals surface area contributed by atoms with Gasteiger partial charge in [-0.2, -0.15) is 0 Å². The Bertz CT molecular complexity index is 537. The molecule has 1 heterocycles. The molecule has 1 atom stereocenters. The van der Waals surface area contributed by atoms with Gasteiger partial charge in [0.25, 0.3) is 0 Å². The van der Waals surface area contributed by atoms with Crippen molar-refractivity contribution in [2.24, 2.45) is 0 Å². The van der Waals surface area contributed by atoms with Gasteiger partial charge in [-0.05, 0) is 37.7 Å². The van der Waals surface area contributed by atoms with E-state index in [1.165, 1.54) is 5.56 Å². The summed E-state index contributed by atoms with van der Waals surface area (Å²) in [4.78, 5) is 10.9. The van der Waals surface area contributed by atoms with Gasteiger partial charge in [0.15, 0.2) is 0 Å².